The lowest BCUT2D eigenvalue weighted by Gasteiger charge is -2.14. The van der Waals surface area contributed by atoms with Gasteiger partial charge in [-0.05, 0) is 39.0 Å². The van der Waals surface area contributed by atoms with Crippen LogP contribution in [0.5, 0.6) is 17.2 Å². The molecule has 32 heavy (non-hydrogen) atoms. The zero-order valence-electron chi connectivity index (χ0n) is 18.5. The van der Waals surface area contributed by atoms with Crippen LogP contribution in [-0.2, 0) is 11.2 Å². The Morgan fingerprint density at radius 2 is 2.09 bits per heavy atom. The quantitative estimate of drug-likeness (QED) is 0.514. The van der Waals surface area contributed by atoms with Crippen molar-refractivity contribution >= 4 is 23.4 Å². The highest BCUT2D eigenvalue weighted by atomic mass is 32.2. The first-order valence-electron chi connectivity index (χ1n) is 10.4. The molecule has 1 aromatic heterocycles. The van der Waals surface area contributed by atoms with Crippen molar-refractivity contribution in [1.82, 2.24) is 14.8 Å². The van der Waals surface area contributed by atoms with Gasteiger partial charge in [-0.15, -0.1) is 10.2 Å². The Kier molecular flexibility index (Phi) is 6.55. The second-order valence-electron chi connectivity index (χ2n) is 7.40. The summed E-state index contributed by atoms with van der Waals surface area (Å²) in [5, 5.41) is 12.0. The zero-order chi connectivity index (χ0) is 22.7. The average molecular weight is 455 g/mol. The monoisotopic (exact) mass is 454 g/mol. The normalized spacial score (nSPS) is 14.6. The summed E-state index contributed by atoms with van der Waals surface area (Å²) in [6.45, 7) is 6.31. The van der Waals surface area contributed by atoms with Gasteiger partial charge in [-0.25, -0.2) is 0 Å². The number of ether oxygens (including phenoxy) is 3. The van der Waals surface area contributed by atoms with Crippen LogP contribution in [0.2, 0.25) is 0 Å². The Morgan fingerprint density at radius 1 is 1.28 bits per heavy atom. The number of aromatic nitrogens is 3. The van der Waals surface area contributed by atoms with Gasteiger partial charge in [0.05, 0.1) is 30.8 Å². The van der Waals surface area contributed by atoms with Gasteiger partial charge in [0.2, 0.25) is 5.91 Å². The first-order chi connectivity index (χ1) is 15.5. The molecule has 9 heteroatoms. The molecule has 4 rings (SSSR count). The molecule has 0 saturated heterocycles. The van der Waals surface area contributed by atoms with Crippen LogP contribution in [-0.4, -0.2) is 46.2 Å². The highest BCUT2D eigenvalue weighted by molar-refractivity contribution is 7.99. The van der Waals surface area contributed by atoms with E-state index >= 15 is 0 Å². The maximum Gasteiger partial charge on any atom is 0.234 e. The number of fused-ring (bicyclic) bond motifs is 1. The van der Waals surface area contributed by atoms with Crippen LogP contribution in [0, 0.1) is 6.92 Å². The molecule has 3 aromatic rings. The Morgan fingerprint density at radius 3 is 2.88 bits per heavy atom. The number of aryl methyl sites for hydroxylation is 1. The van der Waals surface area contributed by atoms with Gasteiger partial charge in [0.1, 0.15) is 29.2 Å². The third-order valence-corrected chi connectivity index (χ3v) is 5.95. The maximum atomic E-state index is 12.8. The molecule has 1 aliphatic heterocycles. The fourth-order valence-electron chi connectivity index (χ4n) is 3.66. The fourth-order valence-corrected chi connectivity index (χ4v) is 4.45. The Labute approximate surface area is 191 Å². The number of amides is 1. The number of para-hydroxylation sites is 2. The zero-order valence-corrected chi connectivity index (χ0v) is 19.4. The summed E-state index contributed by atoms with van der Waals surface area (Å²) in [6, 6.07) is 11.4. The molecule has 2 heterocycles. The van der Waals surface area contributed by atoms with Gasteiger partial charge in [0.15, 0.2) is 5.16 Å². The van der Waals surface area contributed by atoms with Gasteiger partial charge in [-0.2, -0.15) is 0 Å². The van der Waals surface area contributed by atoms with Crippen molar-refractivity contribution in [2.75, 3.05) is 24.8 Å². The number of methoxy groups -OCH3 is 1. The van der Waals surface area contributed by atoms with E-state index in [1.165, 1.54) is 11.8 Å². The van der Waals surface area contributed by atoms with E-state index in [-0.39, 0.29) is 17.8 Å². The first-order valence-corrected chi connectivity index (χ1v) is 11.4. The number of hydrogen-bond acceptors (Lipinski definition) is 7. The van der Waals surface area contributed by atoms with E-state index < -0.39 is 0 Å². The number of rotatable bonds is 8. The predicted octanol–water partition coefficient (Wildman–Crippen LogP) is 4.04. The van der Waals surface area contributed by atoms with Gasteiger partial charge in [0.25, 0.3) is 0 Å². The minimum atomic E-state index is -0.172. The third kappa shape index (κ3) is 4.52. The van der Waals surface area contributed by atoms with Crippen molar-refractivity contribution in [1.29, 1.82) is 0 Å². The molecular weight excluding hydrogens is 428 g/mol. The van der Waals surface area contributed by atoms with Crippen LogP contribution in [0.25, 0.3) is 5.69 Å². The topological polar surface area (TPSA) is 87.5 Å². The van der Waals surface area contributed by atoms with Crippen molar-refractivity contribution in [3.05, 3.63) is 47.8 Å². The van der Waals surface area contributed by atoms with E-state index in [0.29, 0.717) is 34.8 Å². The minimum Gasteiger partial charge on any atom is -0.495 e. The van der Waals surface area contributed by atoms with Gasteiger partial charge in [0, 0.05) is 18.1 Å². The van der Waals surface area contributed by atoms with Crippen LogP contribution in [0.3, 0.4) is 0 Å². The summed E-state index contributed by atoms with van der Waals surface area (Å²) in [6.07, 6.45) is 0.947. The number of anilines is 1. The van der Waals surface area contributed by atoms with Crippen LogP contribution in [0.4, 0.5) is 5.69 Å². The Balaban J connectivity index is 1.50. The van der Waals surface area contributed by atoms with Crippen LogP contribution >= 0.6 is 11.8 Å². The molecule has 1 amide bonds. The molecule has 0 saturated carbocycles. The first kappa shape index (κ1) is 22.0. The molecule has 0 unspecified atom stereocenters. The number of nitrogens with zero attached hydrogens (tertiary/aromatic N) is 3. The van der Waals surface area contributed by atoms with Gasteiger partial charge in [-0.1, -0.05) is 23.9 Å². The molecule has 0 radical (unpaired) electrons. The van der Waals surface area contributed by atoms with Crippen LogP contribution < -0.4 is 19.5 Å². The Hall–Kier alpha value is -3.20. The molecule has 0 bridgehead atoms. The van der Waals surface area contributed by atoms with Crippen molar-refractivity contribution in [3.63, 3.8) is 0 Å². The number of carbonyl (C=O) groups excluding carboxylic acids is 1. The number of hydrogen-bond donors (Lipinski definition) is 1. The van der Waals surface area contributed by atoms with E-state index in [1.54, 1.807) is 7.11 Å². The highest BCUT2D eigenvalue weighted by Gasteiger charge is 2.23. The Bertz CT molecular complexity index is 1130. The van der Waals surface area contributed by atoms with Gasteiger partial charge < -0.3 is 19.5 Å². The van der Waals surface area contributed by atoms with Crippen molar-refractivity contribution in [2.45, 2.75) is 38.5 Å². The van der Waals surface area contributed by atoms with Crippen molar-refractivity contribution in [2.24, 2.45) is 0 Å². The molecule has 8 nitrogen and oxygen atoms in total. The van der Waals surface area contributed by atoms with Crippen LogP contribution in [0.1, 0.15) is 25.2 Å². The molecule has 168 valence electrons. The summed E-state index contributed by atoms with van der Waals surface area (Å²) < 4.78 is 18.9. The molecule has 0 fully saturated rings. The second-order valence-corrected chi connectivity index (χ2v) is 8.34. The number of nitrogens with one attached hydrogen (secondary N) is 1. The van der Waals surface area contributed by atoms with Gasteiger partial charge >= 0.3 is 0 Å². The van der Waals surface area contributed by atoms with E-state index in [4.69, 9.17) is 14.2 Å². The lowest BCUT2D eigenvalue weighted by Crippen LogP contribution is -2.15. The third-order valence-electron chi connectivity index (χ3n) is 5.03. The summed E-state index contributed by atoms with van der Waals surface area (Å²) in [4.78, 5) is 12.8. The second kappa shape index (κ2) is 9.52. The molecule has 1 N–H and O–H groups in total. The fraction of sp³-hybridized carbons (Fsp3) is 0.348. The SMILES string of the molecule is CCOc1cc2c(cc1NC(=O)CSc1nnc(C)n1-c1ccccc1OC)O[C@@H](C)C2. The summed E-state index contributed by atoms with van der Waals surface area (Å²) in [5.41, 5.74) is 2.52. The average Bonchev–Trinajstić information content (AvgIpc) is 3.33. The number of benzene rings is 2. The maximum absolute atomic E-state index is 12.8. The van der Waals surface area contributed by atoms with E-state index in [0.717, 1.165) is 23.4 Å². The molecule has 0 spiro atoms. The number of thioether (sulfide) groups is 1. The van der Waals surface area contributed by atoms with E-state index in [1.807, 2.05) is 61.7 Å². The summed E-state index contributed by atoms with van der Waals surface area (Å²) in [7, 11) is 1.62. The standard InChI is InChI=1S/C23H26N4O4S/c1-5-30-21-11-16-10-14(2)31-20(16)12-17(21)24-22(28)13-32-23-26-25-15(3)27(23)18-8-6-7-9-19(18)29-4/h6-9,11-12,14H,5,10,13H2,1-4H3,(H,24,28)/t14-/m0/s1. The molecule has 2 aromatic carbocycles. The molecule has 0 aliphatic carbocycles. The predicted molar refractivity (Wildman–Crippen MR) is 123 cm³/mol. The smallest absolute Gasteiger partial charge is 0.234 e. The van der Waals surface area contributed by atoms with E-state index in [2.05, 4.69) is 15.5 Å². The molecular formula is C23H26N4O4S. The van der Waals surface area contributed by atoms with Crippen molar-refractivity contribution in [3.8, 4) is 22.9 Å². The van der Waals surface area contributed by atoms with Crippen molar-refractivity contribution < 1.29 is 19.0 Å². The summed E-state index contributed by atoms with van der Waals surface area (Å²) >= 11 is 1.30. The van der Waals surface area contributed by atoms with Crippen LogP contribution in [0.15, 0.2) is 41.6 Å². The largest absolute Gasteiger partial charge is 0.495 e. The lowest BCUT2D eigenvalue weighted by molar-refractivity contribution is -0.113. The van der Waals surface area contributed by atoms with E-state index in [9.17, 15) is 4.79 Å². The highest BCUT2D eigenvalue weighted by Crippen LogP contribution is 2.38. The summed E-state index contributed by atoms with van der Waals surface area (Å²) in [5.74, 6) is 2.84. The molecule has 1 aliphatic rings. The lowest BCUT2D eigenvalue weighted by atomic mass is 10.1. The molecule has 1 atom stereocenters. The number of carbonyl (C=O) groups is 1. The van der Waals surface area contributed by atoms with Gasteiger partial charge in [-0.3, -0.25) is 9.36 Å². The minimum absolute atomic E-state index is 0.116.